The number of hydrogen-bond acceptors (Lipinski definition) is 3. The van der Waals surface area contributed by atoms with Crippen molar-refractivity contribution in [2.45, 2.75) is 51.9 Å². The molecule has 0 aliphatic rings. The minimum absolute atomic E-state index is 0.302. The molecule has 17 heavy (non-hydrogen) atoms. The summed E-state index contributed by atoms with van der Waals surface area (Å²) >= 11 is 0. The third-order valence-electron chi connectivity index (χ3n) is 2.56. The molecule has 0 aromatic carbocycles. The molecule has 1 amide bonds. The van der Waals surface area contributed by atoms with Crippen molar-refractivity contribution in [3.63, 3.8) is 0 Å². The fraction of sp³-hybridized carbons (Fsp3) is 0.769. The van der Waals surface area contributed by atoms with Crippen LogP contribution in [0.25, 0.3) is 0 Å². The second-order valence-corrected chi connectivity index (χ2v) is 4.21. The van der Waals surface area contributed by atoms with Crippen molar-refractivity contribution in [2.24, 2.45) is 5.73 Å². The number of unbranched alkanes of at least 4 members (excludes halogenated alkanes) is 5. The van der Waals surface area contributed by atoms with Crippen LogP contribution in [0.4, 0.5) is 0 Å². The summed E-state index contributed by atoms with van der Waals surface area (Å²) in [5.41, 5.74) is 5.29. The van der Waals surface area contributed by atoms with Gasteiger partial charge < -0.3 is 5.73 Å². The van der Waals surface area contributed by atoms with Crippen molar-refractivity contribution >= 4 is 5.91 Å². The Morgan fingerprint density at radius 2 is 1.94 bits per heavy atom. The van der Waals surface area contributed by atoms with Gasteiger partial charge in [-0.2, -0.15) is 0 Å². The Hall–Kier alpha value is -0.870. The molecular formula is C13H26N2O2. The molecule has 0 bridgehead atoms. The molecule has 0 aromatic rings. The Balaban J connectivity index is 3.52. The van der Waals surface area contributed by atoms with Crippen LogP contribution in [0.1, 0.15) is 51.9 Å². The average Bonchev–Trinajstić information content (AvgIpc) is 2.34. The highest BCUT2D eigenvalue weighted by Crippen LogP contribution is 2.05. The molecule has 0 heterocycles. The molecule has 4 heteroatoms. The molecule has 3 N–H and O–H groups in total. The van der Waals surface area contributed by atoms with Crippen LogP contribution in [0.15, 0.2) is 12.2 Å². The van der Waals surface area contributed by atoms with E-state index in [9.17, 15) is 10.0 Å². The van der Waals surface area contributed by atoms with Gasteiger partial charge in [0.05, 0.1) is 0 Å². The van der Waals surface area contributed by atoms with E-state index in [1.807, 2.05) is 6.08 Å². The summed E-state index contributed by atoms with van der Waals surface area (Å²) in [6.07, 6.45) is 10.9. The van der Waals surface area contributed by atoms with Crippen LogP contribution >= 0.6 is 0 Å². The van der Waals surface area contributed by atoms with E-state index >= 15 is 0 Å². The van der Waals surface area contributed by atoms with E-state index in [4.69, 9.17) is 5.73 Å². The molecule has 0 radical (unpaired) electrons. The van der Waals surface area contributed by atoms with E-state index in [-0.39, 0.29) is 5.91 Å². The number of hydrogen-bond donors (Lipinski definition) is 2. The molecule has 0 saturated heterocycles. The lowest BCUT2D eigenvalue weighted by atomic mass is 10.1. The second kappa shape index (κ2) is 11.6. The highest BCUT2D eigenvalue weighted by atomic mass is 16.5. The Morgan fingerprint density at radius 3 is 2.59 bits per heavy atom. The maximum absolute atomic E-state index is 11.3. The predicted molar refractivity (Wildman–Crippen MR) is 69.7 cm³/mol. The summed E-state index contributed by atoms with van der Waals surface area (Å²) in [4.78, 5) is 11.3. The Bertz CT molecular complexity index is 217. The van der Waals surface area contributed by atoms with Crippen LogP contribution in [-0.4, -0.2) is 29.3 Å². The van der Waals surface area contributed by atoms with Gasteiger partial charge >= 0.3 is 0 Å². The van der Waals surface area contributed by atoms with E-state index in [2.05, 4.69) is 6.92 Å². The quantitative estimate of drug-likeness (QED) is 0.268. The van der Waals surface area contributed by atoms with Gasteiger partial charge in [0, 0.05) is 12.6 Å². The topological polar surface area (TPSA) is 66.6 Å². The van der Waals surface area contributed by atoms with Gasteiger partial charge in [-0.25, -0.2) is 5.06 Å². The van der Waals surface area contributed by atoms with Gasteiger partial charge in [-0.05, 0) is 25.8 Å². The Kier molecular flexibility index (Phi) is 11.0. The molecule has 100 valence electrons. The highest BCUT2D eigenvalue weighted by Gasteiger charge is 2.04. The third-order valence-corrected chi connectivity index (χ3v) is 2.56. The van der Waals surface area contributed by atoms with Gasteiger partial charge in [0.1, 0.15) is 0 Å². The van der Waals surface area contributed by atoms with E-state index in [1.165, 1.54) is 31.8 Å². The summed E-state index contributed by atoms with van der Waals surface area (Å²) in [5.74, 6) is -0.355. The fourth-order valence-electron chi connectivity index (χ4n) is 1.49. The van der Waals surface area contributed by atoms with Crippen LogP contribution in [0.2, 0.25) is 0 Å². The highest BCUT2D eigenvalue weighted by molar-refractivity contribution is 5.86. The number of hydroxylamine groups is 2. The number of nitrogens with two attached hydrogens (primary N) is 1. The minimum Gasteiger partial charge on any atom is -0.330 e. The third kappa shape index (κ3) is 10.0. The lowest BCUT2D eigenvalue weighted by molar-refractivity contribution is -0.159. The average molecular weight is 242 g/mol. The van der Waals surface area contributed by atoms with Gasteiger partial charge in [0.15, 0.2) is 0 Å². The number of amides is 1. The van der Waals surface area contributed by atoms with Crippen LogP contribution in [-0.2, 0) is 4.79 Å². The maximum atomic E-state index is 11.3. The Morgan fingerprint density at radius 1 is 1.24 bits per heavy atom. The van der Waals surface area contributed by atoms with Gasteiger partial charge in [0.25, 0.3) is 5.91 Å². The molecule has 0 aliphatic carbocycles. The molecule has 0 unspecified atom stereocenters. The standard InChI is InChI=1S/C13H26N2O2/c1-2-3-4-5-6-7-8-10-13(16)15(17)12-9-11-14/h8,10,17H,2-7,9,11-12,14H2,1H3/b10-8+. The van der Waals surface area contributed by atoms with E-state index in [0.717, 1.165) is 17.9 Å². The second-order valence-electron chi connectivity index (χ2n) is 4.21. The van der Waals surface area contributed by atoms with Crippen LogP contribution in [0, 0.1) is 0 Å². The van der Waals surface area contributed by atoms with E-state index < -0.39 is 0 Å². The van der Waals surface area contributed by atoms with Gasteiger partial charge in [-0.3, -0.25) is 10.0 Å². The van der Waals surface area contributed by atoms with Crippen molar-refractivity contribution in [2.75, 3.05) is 13.1 Å². The van der Waals surface area contributed by atoms with Crippen molar-refractivity contribution in [3.05, 3.63) is 12.2 Å². The van der Waals surface area contributed by atoms with Crippen molar-refractivity contribution in [3.8, 4) is 0 Å². The lowest BCUT2D eigenvalue weighted by Crippen LogP contribution is -2.27. The van der Waals surface area contributed by atoms with Crippen LogP contribution < -0.4 is 5.73 Å². The van der Waals surface area contributed by atoms with Crippen molar-refractivity contribution < 1.29 is 10.0 Å². The summed E-state index contributed by atoms with van der Waals surface area (Å²) in [6.45, 7) is 2.97. The van der Waals surface area contributed by atoms with Crippen LogP contribution in [0.3, 0.4) is 0 Å². The lowest BCUT2D eigenvalue weighted by Gasteiger charge is -2.11. The zero-order valence-electron chi connectivity index (χ0n) is 10.9. The smallest absolute Gasteiger partial charge is 0.269 e. The number of nitrogens with zero attached hydrogens (tertiary/aromatic N) is 1. The number of carbonyl (C=O) groups is 1. The summed E-state index contributed by atoms with van der Waals surface area (Å²) in [5, 5.41) is 10.0. The first-order chi connectivity index (χ1) is 8.22. The Labute approximate surface area is 104 Å². The monoisotopic (exact) mass is 242 g/mol. The van der Waals surface area contributed by atoms with Crippen molar-refractivity contribution in [1.82, 2.24) is 5.06 Å². The molecule has 0 spiro atoms. The molecule has 0 aromatic heterocycles. The number of allylic oxidation sites excluding steroid dienone is 1. The van der Waals surface area contributed by atoms with Crippen molar-refractivity contribution in [1.29, 1.82) is 0 Å². The van der Waals surface area contributed by atoms with Gasteiger partial charge in [0.2, 0.25) is 0 Å². The maximum Gasteiger partial charge on any atom is 0.269 e. The van der Waals surface area contributed by atoms with Crippen LogP contribution in [0.5, 0.6) is 0 Å². The fourth-order valence-corrected chi connectivity index (χ4v) is 1.49. The van der Waals surface area contributed by atoms with Gasteiger partial charge in [-0.1, -0.05) is 38.7 Å². The normalized spacial score (nSPS) is 11.0. The molecule has 0 saturated carbocycles. The molecule has 0 atom stereocenters. The summed E-state index contributed by atoms with van der Waals surface area (Å²) in [7, 11) is 0. The zero-order valence-corrected chi connectivity index (χ0v) is 10.9. The first kappa shape index (κ1) is 16.1. The molecule has 0 rings (SSSR count). The SMILES string of the molecule is CCCCCCC/C=C/C(=O)N(O)CCCN. The first-order valence-corrected chi connectivity index (χ1v) is 6.59. The molecule has 4 nitrogen and oxygen atoms in total. The number of carbonyl (C=O) groups excluding carboxylic acids is 1. The van der Waals surface area contributed by atoms with E-state index in [0.29, 0.717) is 19.5 Å². The minimum atomic E-state index is -0.355. The zero-order chi connectivity index (χ0) is 12.9. The summed E-state index contributed by atoms with van der Waals surface area (Å²) < 4.78 is 0. The van der Waals surface area contributed by atoms with Gasteiger partial charge in [-0.15, -0.1) is 0 Å². The summed E-state index contributed by atoms with van der Waals surface area (Å²) in [6, 6.07) is 0. The molecule has 0 aliphatic heterocycles. The largest absolute Gasteiger partial charge is 0.330 e. The predicted octanol–water partition coefficient (Wildman–Crippen LogP) is 2.47. The van der Waals surface area contributed by atoms with E-state index in [1.54, 1.807) is 0 Å². The number of rotatable bonds is 10. The molecular weight excluding hydrogens is 216 g/mol. The first-order valence-electron chi connectivity index (χ1n) is 6.59. The molecule has 0 fully saturated rings.